The smallest absolute Gasteiger partial charge is 0.410 e. The van der Waals surface area contributed by atoms with Gasteiger partial charge in [-0.05, 0) is 51.8 Å². The van der Waals surface area contributed by atoms with Crippen molar-refractivity contribution >= 4 is 12.0 Å². The van der Waals surface area contributed by atoms with Crippen LogP contribution in [0, 0.1) is 5.92 Å². The quantitative estimate of drug-likeness (QED) is 0.696. The van der Waals surface area contributed by atoms with Gasteiger partial charge in [-0.1, -0.05) is 18.2 Å². The first-order chi connectivity index (χ1) is 13.8. The van der Waals surface area contributed by atoms with Gasteiger partial charge in [0.2, 0.25) is 5.91 Å². The van der Waals surface area contributed by atoms with Crippen LogP contribution in [0.15, 0.2) is 24.3 Å². The second-order valence-corrected chi connectivity index (χ2v) is 8.80. The Hall–Kier alpha value is -2.28. The van der Waals surface area contributed by atoms with Crippen molar-refractivity contribution in [3.63, 3.8) is 0 Å². The molecule has 2 heterocycles. The molecule has 1 fully saturated rings. The molecule has 29 heavy (non-hydrogen) atoms. The number of hydrogen-bond donors (Lipinski definition) is 2. The number of rotatable bonds is 0. The van der Waals surface area contributed by atoms with E-state index in [4.69, 9.17) is 9.47 Å². The lowest BCUT2D eigenvalue weighted by atomic mass is 9.83. The minimum Gasteiger partial charge on any atom is -0.493 e. The minimum atomic E-state index is -0.578. The van der Waals surface area contributed by atoms with Gasteiger partial charge in [-0.2, -0.15) is 0 Å². The molecule has 7 heteroatoms. The number of nitrogens with zero attached hydrogens (tertiary/aromatic N) is 1. The summed E-state index contributed by atoms with van der Waals surface area (Å²) in [5.41, 5.74) is 0.467. The van der Waals surface area contributed by atoms with E-state index >= 15 is 0 Å². The maximum absolute atomic E-state index is 12.8. The van der Waals surface area contributed by atoms with Gasteiger partial charge in [0.1, 0.15) is 11.4 Å². The highest BCUT2D eigenvalue weighted by Crippen LogP contribution is 2.36. The van der Waals surface area contributed by atoms with Crippen molar-refractivity contribution in [2.75, 3.05) is 39.3 Å². The number of carbonyl (C=O) groups excluding carboxylic acids is 2. The summed E-state index contributed by atoms with van der Waals surface area (Å²) in [6.07, 6.45) is 1.19. The Morgan fingerprint density at radius 2 is 1.90 bits per heavy atom. The molecule has 0 radical (unpaired) electrons. The van der Waals surface area contributed by atoms with Gasteiger partial charge in [0.25, 0.3) is 0 Å². The minimum absolute atomic E-state index is 0.0134. The number of hydrogen-bond acceptors (Lipinski definition) is 5. The highest BCUT2D eigenvalue weighted by molar-refractivity contribution is 5.80. The first-order valence-corrected chi connectivity index (χ1v) is 10.5. The summed E-state index contributed by atoms with van der Waals surface area (Å²) in [5.74, 6) is 0.557. The normalized spacial score (nSPS) is 23.8. The van der Waals surface area contributed by atoms with Gasteiger partial charge in [-0.25, -0.2) is 4.79 Å². The van der Waals surface area contributed by atoms with Crippen LogP contribution in [0.25, 0.3) is 0 Å². The summed E-state index contributed by atoms with van der Waals surface area (Å²) in [6, 6.07) is 7.95. The largest absolute Gasteiger partial charge is 0.493 e. The molecule has 2 N–H and O–H groups in total. The second-order valence-electron chi connectivity index (χ2n) is 8.80. The Balaban J connectivity index is 1.87. The molecule has 1 aromatic rings. The van der Waals surface area contributed by atoms with Crippen molar-refractivity contribution in [1.82, 2.24) is 15.5 Å². The van der Waals surface area contributed by atoms with Crippen molar-refractivity contribution in [1.29, 1.82) is 0 Å². The second kappa shape index (κ2) is 9.48. The van der Waals surface area contributed by atoms with Crippen molar-refractivity contribution in [3.05, 3.63) is 29.8 Å². The average molecular weight is 404 g/mol. The molecule has 2 amide bonds. The highest BCUT2D eigenvalue weighted by atomic mass is 16.6. The standard InChI is InChI=1S/C22H33N3O4/c1-22(2,3)29-21(27)25-14-16-13-17(15-25)20(26)24-11-10-23-9-6-12-28-19-8-5-4-7-18(16)19/h4-5,7-8,16-17,23H,6,9-15H2,1-3H3,(H,24,26)/t16-,17+/m1/s1. The number of piperidine rings is 1. The Kier molecular flexibility index (Phi) is 7.00. The van der Waals surface area contributed by atoms with Crippen LogP contribution >= 0.6 is 0 Å². The van der Waals surface area contributed by atoms with Gasteiger partial charge in [0.05, 0.1) is 12.5 Å². The zero-order valence-corrected chi connectivity index (χ0v) is 17.7. The fraction of sp³-hybridized carbons (Fsp3) is 0.636. The third-order valence-corrected chi connectivity index (χ3v) is 5.19. The first-order valence-electron chi connectivity index (χ1n) is 10.5. The van der Waals surface area contributed by atoms with E-state index in [9.17, 15) is 9.59 Å². The Labute approximate surface area is 173 Å². The molecule has 1 saturated heterocycles. The number of benzene rings is 1. The Morgan fingerprint density at radius 3 is 2.69 bits per heavy atom. The predicted molar refractivity (Wildman–Crippen MR) is 111 cm³/mol. The molecule has 3 rings (SSSR count). The number of para-hydroxylation sites is 1. The molecule has 160 valence electrons. The van der Waals surface area contributed by atoms with Crippen LogP contribution in [0.1, 0.15) is 45.1 Å². The van der Waals surface area contributed by atoms with Crippen molar-refractivity contribution < 1.29 is 19.1 Å². The summed E-state index contributed by atoms with van der Waals surface area (Å²) >= 11 is 0. The van der Waals surface area contributed by atoms with Crippen LogP contribution in [0.2, 0.25) is 0 Å². The van der Waals surface area contributed by atoms with Gasteiger partial charge in [-0.15, -0.1) is 0 Å². The summed E-state index contributed by atoms with van der Waals surface area (Å²) in [7, 11) is 0. The molecule has 0 aliphatic carbocycles. The first kappa shape index (κ1) is 21.4. The van der Waals surface area contributed by atoms with Gasteiger partial charge >= 0.3 is 6.09 Å². The SMILES string of the molecule is CC(C)(C)OC(=O)N1C[C@@H]2C[C@H](C1)c1ccccc1OCCCNCCNC2=O. The maximum atomic E-state index is 12.8. The summed E-state index contributed by atoms with van der Waals surface area (Å²) in [4.78, 5) is 27.3. The molecule has 2 bridgehead atoms. The molecular weight excluding hydrogens is 370 g/mol. The van der Waals surface area contributed by atoms with E-state index in [0.29, 0.717) is 39.2 Å². The van der Waals surface area contributed by atoms with Crippen LogP contribution < -0.4 is 15.4 Å². The van der Waals surface area contributed by atoms with E-state index < -0.39 is 5.60 Å². The summed E-state index contributed by atoms with van der Waals surface area (Å²) in [5, 5.41) is 6.33. The van der Waals surface area contributed by atoms with E-state index in [1.54, 1.807) is 4.90 Å². The van der Waals surface area contributed by atoms with Gasteiger partial charge in [0, 0.05) is 32.1 Å². The number of nitrogens with one attached hydrogen (secondary N) is 2. The van der Waals surface area contributed by atoms with E-state index in [1.165, 1.54) is 0 Å². The number of fused-ring (bicyclic) bond motifs is 4. The third-order valence-electron chi connectivity index (χ3n) is 5.19. The molecule has 1 aromatic carbocycles. The lowest BCUT2D eigenvalue weighted by molar-refractivity contribution is -0.126. The fourth-order valence-electron chi connectivity index (χ4n) is 3.86. The Morgan fingerprint density at radius 1 is 1.14 bits per heavy atom. The van der Waals surface area contributed by atoms with Crippen molar-refractivity contribution in [2.24, 2.45) is 5.92 Å². The Bertz CT molecular complexity index is 716. The van der Waals surface area contributed by atoms with Crippen molar-refractivity contribution in [2.45, 2.75) is 45.1 Å². The van der Waals surface area contributed by atoms with Crippen molar-refractivity contribution in [3.8, 4) is 5.75 Å². The zero-order valence-electron chi connectivity index (χ0n) is 17.7. The molecule has 0 spiro atoms. The third kappa shape index (κ3) is 6.10. The van der Waals surface area contributed by atoms with Crippen LogP contribution in [0.5, 0.6) is 5.75 Å². The van der Waals surface area contributed by atoms with Crippen LogP contribution in [0.4, 0.5) is 4.79 Å². The topological polar surface area (TPSA) is 79.9 Å². The van der Waals surface area contributed by atoms with Gasteiger partial charge < -0.3 is 25.0 Å². The molecule has 2 aliphatic rings. The molecule has 2 atom stereocenters. The van der Waals surface area contributed by atoms with Crippen LogP contribution in [0.3, 0.4) is 0 Å². The number of likely N-dealkylation sites (tertiary alicyclic amines) is 1. The zero-order chi connectivity index (χ0) is 20.9. The number of carbonyl (C=O) groups is 2. The van der Waals surface area contributed by atoms with Crippen LogP contribution in [-0.2, 0) is 9.53 Å². The van der Waals surface area contributed by atoms with Gasteiger partial charge in [0.15, 0.2) is 0 Å². The van der Waals surface area contributed by atoms with E-state index in [-0.39, 0.29) is 23.8 Å². The monoisotopic (exact) mass is 403 g/mol. The molecule has 0 aromatic heterocycles. The summed E-state index contributed by atoms with van der Waals surface area (Å²) in [6.45, 7) is 9.20. The van der Waals surface area contributed by atoms with E-state index in [2.05, 4.69) is 10.6 Å². The molecule has 0 unspecified atom stereocenters. The number of ether oxygens (including phenoxy) is 2. The van der Waals surface area contributed by atoms with Crippen LogP contribution in [-0.4, -0.2) is 61.8 Å². The molecule has 0 saturated carbocycles. The summed E-state index contributed by atoms with van der Waals surface area (Å²) < 4.78 is 11.6. The van der Waals surface area contributed by atoms with E-state index in [0.717, 1.165) is 24.3 Å². The predicted octanol–water partition coefficient (Wildman–Crippen LogP) is 2.52. The van der Waals surface area contributed by atoms with Gasteiger partial charge in [-0.3, -0.25) is 4.79 Å². The lowest BCUT2D eigenvalue weighted by Crippen LogP contribution is -2.50. The maximum Gasteiger partial charge on any atom is 0.410 e. The molecule has 2 aliphatic heterocycles. The highest BCUT2D eigenvalue weighted by Gasteiger charge is 2.37. The lowest BCUT2D eigenvalue weighted by Gasteiger charge is -2.38. The molecule has 7 nitrogen and oxygen atoms in total. The number of amides is 2. The average Bonchev–Trinajstić information content (AvgIpc) is 2.68. The van der Waals surface area contributed by atoms with E-state index in [1.807, 2.05) is 45.0 Å². The molecular formula is C22H33N3O4. The fourth-order valence-corrected chi connectivity index (χ4v) is 3.86.